The van der Waals surface area contributed by atoms with Gasteiger partial charge >= 0.3 is 0 Å². The third-order valence-electron chi connectivity index (χ3n) is 4.06. The Morgan fingerprint density at radius 1 is 1.38 bits per heavy atom. The molecule has 21 heavy (non-hydrogen) atoms. The first-order valence-corrected chi connectivity index (χ1v) is 7.45. The molecule has 0 bridgehead atoms. The summed E-state index contributed by atoms with van der Waals surface area (Å²) in [6, 6.07) is 5.58. The minimum Gasteiger partial charge on any atom is -0.399 e. The zero-order valence-corrected chi connectivity index (χ0v) is 12.6. The van der Waals surface area contributed by atoms with Crippen LogP contribution < -0.4 is 5.73 Å². The van der Waals surface area contributed by atoms with Gasteiger partial charge in [-0.2, -0.15) is 0 Å². The zero-order valence-electron chi connectivity index (χ0n) is 11.9. The Morgan fingerprint density at radius 3 is 2.86 bits per heavy atom. The average Bonchev–Trinajstić information content (AvgIpc) is 2.96. The monoisotopic (exact) mass is 307 g/mol. The Kier molecular flexibility index (Phi) is 4.07. The number of ether oxygens (including phenoxy) is 1. The minimum absolute atomic E-state index is 0.201. The Bertz CT molecular complexity index is 624. The summed E-state index contributed by atoms with van der Waals surface area (Å²) in [4.78, 5) is 0. The van der Waals surface area contributed by atoms with Crippen molar-refractivity contribution in [3.63, 3.8) is 0 Å². The summed E-state index contributed by atoms with van der Waals surface area (Å²) in [5.74, 6) is 1.19. The standard InChI is InChI=1S/C14H18ClN5O/c1-9(10-4-6-21-7-5-10)20-14(17-18-19-20)12-3-2-11(16)8-13(12)15/h2-3,8-10H,4-7,16H2,1H3. The molecule has 0 amide bonds. The van der Waals surface area contributed by atoms with Crippen LogP contribution in [0.3, 0.4) is 0 Å². The Balaban J connectivity index is 1.93. The molecule has 1 unspecified atom stereocenters. The van der Waals surface area contributed by atoms with Crippen LogP contribution in [0, 0.1) is 5.92 Å². The SMILES string of the molecule is CC(C1CCOCC1)n1nnnc1-c1ccc(N)cc1Cl. The van der Waals surface area contributed by atoms with Crippen molar-refractivity contribution in [2.75, 3.05) is 18.9 Å². The number of rotatable bonds is 3. The van der Waals surface area contributed by atoms with Gasteiger partial charge in [-0.05, 0) is 54.3 Å². The van der Waals surface area contributed by atoms with Crippen LogP contribution in [0.1, 0.15) is 25.8 Å². The molecular weight excluding hydrogens is 290 g/mol. The fourth-order valence-corrected chi connectivity index (χ4v) is 3.03. The lowest BCUT2D eigenvalue weighted by molar-refractivity contribution is 0.0495. The average molecular weight is 308 g/mol. The number of anilines is 1. The first-order valence-electron chi connectivity index (χ1n) is 7.08. The van der Waals surface area contributed by atoms with E-state index >= 15 is 0 Å². The molecule has 2 heterocycles. The van der Waals surface area contributed by atoms with Gasteiger partial charge in [-0.1, -0.05) is 11.6 Å². The molecule has 1 fully saturated rings. The number of nitrogen functional groups attached to an aromatic ring is 1. The predicted molar refractivity (Wildman–Crippen MR) is 80.9 cm³/mol. The normalized spacial score (nSPS) is 17.8. The third kappa shape index (κ3) is 2.87. The van der Waals surface area contributed by atoms with Crippen molar-refractivity contribution in [2.24, 2.45) is 5.92 Å². The quantitative estimate of drug-likeness (QED) is 0.882. The van der Waals surface area contributed by atoms with Crippen molar-refractivity contribution in [3.8, 4) is 11.4 Å². The van der Waals surface area contributed by atoms with Crippen LogP contribution in [0.15, 0.2) is 18.2 Å². The maximum Gasteiger partial charge on any atom is 0.183 e. The van der Waals surface area contributed by atoms with Crippen LogP contribution in [0.4, 0.5) is 5.69 Å². The van der Waals surface area contributed by atoms with Crippen molar-refractivity contribution >= 4 is 17.3 Å². The number of aromatic nitrogens is 4. The second-order valence-corrected chi connectivity index (χ2v) is 5.78. The fourth-order valence-electron chi connectivity index (χ4n) is 2.76. The number of nitrogens with zero attached hydrogens (tertiary/aromatic N) is 4. The smallest absolute Gasteiger partial charge is 0.183 e. The van der Waals surface area contributed by atoms with E-state index < -0.39 is 0 Å². The van der Waals surface area contributed by atoms with Gasteiger partial charge in [0.05, 0.1) is 11.1 Å². The minimum atomic E-state index is 0.201. The van der Waals surface area contributed by atoms with Gasteiger partial charge in [0.15, 0.2) is 5.82 Å². The predicted octanol–water partition coefficient (Wildman–Crippen LogP) is 2.56. The van der Waals surface area contributed by atoms with Gasteiger partial charge in [0.2, 0.25) is 0 Å². The molecule has 2 aromatic rings. The van der Waals surface area contributed by atoms with Crippen molar-refractivity contribution in [3.05, 3.63) is 23.2 Å². The highest BCUT2D eigenvalue weighted by Crippen LogP contribution is 2.33. The van der Waals surface area contributed by atoms with Gasteiger partial charge in [0.1, 0.15) is 0 Å². The highest BCUT2D eigenvalue weighted by atomic mass is 35.5. The molecule has 0 saturated carbocycles. The van der Waals surface area contributed by atoms with Gasteiger partial charge in [-0.3, -0.25) is 0 Å². The highest BCUT2D eigenvalue weighted by Gasteiger charge is 2.25. The lowest BCUT2D eigenvalue weighted by atomic mass is 9.93. The van der Waals surface area contributed by atoms with Gasteiger partial charge < -0.3 is 10.5 Å². The van der Waals surface area contributed by atoms with Gasteiger partial charge in [-0.25, -0.2) is 4.68 Å². The lowest BCUT2D eigenvalue weighted by Gasteiger charge is -2.28. The fraction of sp³-hybridized carbons (Fsp3) is 0.500. The molecule has 1 aliphatic heterocycles. The summed E-state index contributed by atoms with van der Waals surface area (Å²) >= 11 is 6.27. The molecule has 1 aliphatic rings. The maximum atomic E-state index is 6.27. The van der Waals surface area contributed by atoms with E-state index in [0.29, 0.717) is 22.5 Å². The van der Waals surface area contributed by atoms with E-state index in [9.17, 15) is 0 Å². The number of tetrazole rings is 1. The van der Waals surface area contributed by atoms with Crippen LogP contribution in [-0.2, 0) is 4.74 Å². The first-order chi connectivity index (χ1) is 10.2. The van der Waals surface area contributed by atoms with Crippen molar-refractivity contribution in [2.45, 2.75) is 25.8 Å². The summed E-state index contributed by atoms with van der Waals surface area (Å²) in [6.45, 7) is 3.74. The van der Waals surface area contributed by atoms with Crippen molar-refractivity contribution < 1.29 is 4.74 Å². The van der Waals surface area contributed by atoms with E-state index in [4.69, 9.17) is 22.1 Å². The summed E-state index contributed by atoms with van der Waals surface area (Å²) in [6.07, 6.45) is 2.05. The molecule has 1 aromatic heterocycles. The first kappa shape index (κ1) is 14.3. The summed E-state index contributed by atoms with van der Waals surface area (Å²) in [7, 11) is 0. The van der Waals surface area contributed by atoms with Crippen LogP contribution in [0.2, 0.25) is 5.02 Å². The van der Waals surface area contributed by atoms with E-state index in [1.54, 1.807) is 12.1 Å². The molecule has 1 atom stereocenters. The maximum absolute atomic E-state index is 6.27. The number of halogens is 1. The second-order valence-electron chi connectivity index (χ2n) is 5.38. The molecular formula is C14H18ClN5O. The highest BCUT2D eigenvalue weighted by molar-refractivity contribution is 6.33. The molecule has 0 aliphatic carbocycles. The van der Waals surface area contributed by atoms with E-state index in [1.165, 1.54) is 0 Å². The molecule has 6 nitrogen and oxygen atoms in total. The zero-order chi connectivity index (χ0) is 14.8. The summed E-state index contributed by atoms with van der Waals surface area (Å²) in [5, 5.41) is 12.7. The molecule has 7 heteroatoms. The Labute approximate surface area is 128 Å². The second kappa shape index (κ2) is 5.99. The van der Waals surface area contributed by atoms with Crippen molar-refractivity contribution in [1.29, 1.82) is 0 Å². The molecule has 2 N–H and O–H groups in total. The van der Waals surface area contributed by atoms with Crippen LogP contribution >= 0.6 is 11.6 Å². The van der Waals surface area contributed by atoms with Crippen molar-refractivity contribution in [1.82, 2.24) is 20.2 Å². The van der Waals surface area contributed by atoms with E-state index in [2.05, 4.69) is 22.4 Å². The van der Waals surface area contributed by atoms with E-state index in [0.717, 1.165) is 31.6 Å². The van der Waals surface area contributed by atoms with Crippen LogP contribution in [0.5, 0.6) is 0 Å². The van der Waals surface area contributed by atoms with E-state index in [1.807, 2.05) is 10.7 Å². The number of nitrogens with two attached hydrogens (primary N) is 1. The third-order valence-corrected chi connectivity index (χ3v) is 4.37. The molecule has 3 rings (SSSR count). The lowest BCUT2D eigenvalue weighted by Crippen LogP contribution is -2.25. The van der Waals surface area contributed by atoms with Crippen LogP contribution in [-0.4, -0.2) is 33.4 Å². The topological polar surface area (TPSA) is 78.8 Å². The van der Waals surface area contributed by atoms with Gasteiger partial charge in [0, 0.05) is 24.5 Å². The molecule has 1 saturated heterocycles. The molecule has 0 radical (unpaired) electrons. The number of hydrogen-bond acceptors (Lipinski definition) is 5. The Morgan fingerprint density at radius 2 is 2.14 bits per heavy atom. The van der Waals surface area contributed by atoms with Gasteiger partial charge in [-0.15, -0.1) is 5.10 Å². The molecule has 0 spiro atoms. The largest absolute Gasteiger partial charge is 0.399 e. The van der Waals surface area contributed by atoms with E-state index in [-0.39, 0.29) is 6.04 Å². The van der Waals surface area contributed by atoms with Gasteiger partial charge in [0.25, 0.3) is 0 Å². The number of hydrogen-bond donors (Lipinski definition) is 1. The van der Waals surface area contributed by atoms with Crippen LogP contribution in [0.25, 0.3) is 11.4 Å². The molecule has 1 aromatic carbocycles. The number of benzene rings is 1. The summed E-state index contributed by atoms with van der Waals surface area (Å²) in [5.41, 5.74) is 7.16. The Hall–Kier alpha value is -1.66. The molecule has 112 valence electrons. The summed E-state index contributed by atoms with van der Waals surface area (Å²) < 4.78 is 7.27.